The minimum Gasteiger partial charge on any atom is -0.489 e. The fourth-order valence-electron chi connectivity index (χ4n) is 1.10. The molecule has 78 valence electrons. The van der Waals surface area contributed by atoms with Crippen LogP contribution in [0.2, 0.25) is 5.02 Å². The molecule has 0 unspecified atom stereocenters. The number of ether oxygens (including phenoxy) is 1. The Morgan fingerprint density at radius 2 is 2.14 bits per heavy atom. The van der Waals surface area contributed by atoms with E-state index in [2.05, 4.69) is 15.9 Å². The molecule has 0 saturated carbocycles. The predicted molar refractivity (Wildman–Crippen MR) is 60.8 cm³/mol. The molecule has 4 heteroatoms. The monoisotopic (exact) mass is 278 g/mol. The minimum absolute atomic E-state index is 0.0407. The summed E-state index contributed by atoms with van der Waals surface area (Å²) in [5.74, 6) is 0.562. The highest BCUT2D eigenvalue weighted by Gasteiger charge is 2.10. The van der Waals surface area contributed by atoms with Crippen LogP contribution in [0.1, 0.15) is 19.4 Å². The summed E-state index contributed by atoms with van der Waals surface area (Å²) in [5.41, 5.74) is 0.693. The Bertz CT molecular complexity index is 326. The molecular formula is C10H12BrClO2. The number of aliphatic hydroxyl groups is 1. The van der Waals surface area contributed by atoms with Gasteiger partial charge in [-0.15, -0.1) is 0 Å². The highest BCUT2D eigenvalue weighted by atomic mass is 79.9. The van der Waals surface area contributed by atoms with Crippen LogP contribution in [0.4, 0.5) is 0 Å². The summed E-state index contributed by atoms with van der Waals surface area (Å²) in [7, 11) is 0. The molecule has 0 bridgehead atoms. The second-order valence-corrected chi connectivity index (χ2v) is 4.52. The van der Waals surface area contributed by atoms with Crippen LogP contribution < -0.4 is 4.74 Å². The first-order valence-corrected chi connectivity index (χ1v) is 5.47. The van der Waals surface area contributed by atoms with Crippen LogP contribution in [0.5, 0.6) is 5.75 Å². The van der Waals surface area contributed by atoms with Crippen molar-refractivity contribution in [3.63, 3.8) is 0 Å². The van der Waals surface area contributed by atoms with Gasteiger partial charge in [0, 0.05) is 10.0 Å². The van der Waals surface area contributed by atoms with Crippen molar-refractivity contribution >= 4 is 27.5 Å². The van der Waals surface area contributed by atoms with Gasteiger partial charge >= 0.3 is 0 Å². The Labute approximate surface area is 97.0 Å². The zero-order valence-corrected chi connectivity index (χ0v) is 10.4. The van der Waals surface area contributed by atoms with Crippen LogP contribution in [-0.4, -0.2) is 11.2 Å². The van der Waals surface area contributed by atoms with Crippen LogP contribution in [0, 0.1) is 0 Å². The van der Waals surface area contributed by atoms with E-state index in [1.54, 1.807) is 12.1 Å². The van der Waals surface area contributed by atoms with Crippen molar-refractivity contribution in [2.24, 2.45) is 0 Å². The van der Waals surface area contributed by atoms with Gasteiger partial charge in [-0.1, -0.05) is 27.5 Å². The van der Waals surface area contributed by atoms with Gasteiger partial charge < -0.3 is 9.84 Å². The summed E-state index contributed by atoms with van der Waals surface area (Å²) in [6.45, 7) is 3.75. The fourth-order valence-corrected chi connectivity index (χ4v) is 2.02. The SMILES string of the molecule is CC(C)Oc1c(Cl)cc(Br)cc1CO. The number of aliphatic hydroxyl groups excluding tert-OH is 1. The molecule has 0 amide bonds. The molecule has 1 N–H and O–H groups in total. The molecule has 1 rings (SSSR count). The maximum atomic E-state index is 9.12. The van der Waals surface area contributed by atoms with Crippen molar-refractivity contribution in [3.05, 3.63) is 27.2 Å². The van der Waals surface area contributed by atoms with Crippen LogP contribution in [0.25, 0.3) is 0 Å². The zero-order chi connectivity index (χ0) is 10.7. The quantitative estimate of drug-likeness (QED) is 0.919. The Morgan fingerprint density at radius 3 is 2.64 bits per heavy atom. The van der Waals surface area contributed by atoms with Gasteiger partial charge in [-0.25, -0.2) is 0 Å². The summed E-state index contributed by atoms with van der Waals surface area (Å²) in [4.78, 5) is 0. The van der Waals surface area contributed by atoms with Crippen LogP contribution in [0.3, 0.4) is 0 Å². The number of benzene rings is 1. The molecule has 0 aliphatic rings. The van der Waals surface area contributed by atoms with Gasteiger partial charge in [0.2, 0.25) is 0 Å². The number of rotatable bonds is 3. The van der Waals surface area contributed by atoms with E-state index in [0.717, 1.165) is 4.47 Å². The molecule has 0 fully saturated rings. The molecule has 0 aliphatic heterocycles. The van der Waals surface area contributed by atoms with Gasteiger partial charge in [-0.05, 0) is 26.0 Å². The summed E-state index contributed by atoms with van der Waals surface area (Å²) >= 11 is 9.29. The lowest BCUT2D eigenvalue weighted by Crippen LogP contribution is -2.08. The maximum Gasteiger partial charge on any atom is 0.143 e. The Morgan fingerprint density at radius 1 is 1.50 bits per heavy atom. The molecule has 14 heavy (non-hydrogen) atoms. The van der Waals surface area contributed by atoms with Crippen molar-refractivity contribution in [2.75, 3.05) is 0 Å². The van der Waals surface area contributed by atoms with Crippen molar-refractivity contribution < 1.29 is 9.84 Å². The standard InChI is InChI=1S/C10H12BrClO2/c1-6(2)14-10-7(5-13)3-8(11)4-9(10)12/h3-4,6,13H,5H2,1-2H3. The third-order valence-corrected chi connectivity index (χ3v) is 2.35. The zero-order valence-electron chi connectivity index (χ0n) is 8.05. The number of halogens is 2. The van der Waals surface area contributed by atoms with Gasteiger partial charge in [-0.3, -0.25) is 0 Å². The Kier molecular flexibility index (Phi) is 4.23. The number of hydrogen-bond donors (Lipinski definition) is 1. The van der Waals surface area contributed by atoms with Gasteiger partial charge in [0.25, 0.3) is 0 Å². The average Bonchev–Trinajstić information content (AvgIpc) is 2.08. The summed E-state index contributed by atoms with van der Waals surface area (Å²) in [5, 5.41) is 9.63. The van der Waals surface area contributed by atoms with Crippen LogP contribution in [-0.2, 0) is 6.61 Å². The lowest BCUT2D eigenvalue weighted by molar-refractivity contribution is 0.225. The third kappa shape index (κ3) is 2.87. The molecule has 0 atom stereocenters. The lowest BCUT2D eigenvalue weighted by atomic mass is 10.2. The second-order valence-electron chi connectivity index (χ2n) is 3.20. The van der Waals surface area contributed by atoms with Gasteiger partial charge in [-0.2, -0.15) is 0 Å². The first kappa shape index (κ1) is 11.8. The minimum atomic E-state index is -0.0821. The molecule has 1 aromatic rings. The van der Waals surface area contributed by atoms with Crippen LogP contribution in [0.15, 0.2) is 16.6 Å². The Hall–Kier alpha value is -0.250. The topological polar surface area (TPSA) is 29.5 Å². The van der Waals surface area contributed by atoms with Crippen molar-refractivity contribution in [3.8, 4) is 5.75 Å². The molecule has 0 aromatic heterocycles. The molecule has 0 spiro atoms. The molecule has 0 heterocycles. The predicted octanol–water partition coefficient (Wildman–Crippen LogP) is 3.38. The van der Waals surface area contributed by atoms with E-state index in [9.17, 15) is 0 Å². The van der Waals surface area contributed by atoms with Crippen molar-refractivity contribution in [1.82, 2.24) is 0 Å². The summed E-state index contributed by atoms with van der Waals surface area (Å²) < 4.78 is 6.35. The van der Waals surface area contributed by atoms with Gasteiger partial charge in [0.15, 0.2) is 0 Å². The first-order chi connectivity index (χ1) is 6.54. The first-order valence-electron chi connectivity index (χ1n) is 4.30. The lowest BCUT2D eigenvalue weighted by Gasteiger charge is -2.15. The molecule has 0 aliphatic carbocycles. The van der Waals surface area contributed by atoms with E-state index in [1.807, 2.05) is 13.8 Å². The van der Waals surface area contributed by atoms with E-state index >= 15 is 0 Å². The van der Waals surface area contributed by atoms with Gasteiger partial charge in [0.05, 0.1) is 17.7 Å². The molecule has 2 nitrogen and oxygen atoms in total. The summed E-state index contributed by atoms with van der Waals surface area (Å²) in [6.07, 6.45) is 0.0407. The summed E-state index contributed by atoms with van der Waals surface area (Å²) in [6, 6.07) is 3.54. The smallest absolute Gasteiger partial charge is 0.143 e. The van der Waals surface area contributed by atoms with E-state index in [-0.39, 0.29) is 12.7 Å². The largest absolute Gasteiger partial charge is 0.489 e. The second kappa shape index (κ2) is 5.01. The van der Waals surface area contributed by atoms with Crippen LogP contribution >= 0.6 is 27.5 Å². The van der Waals surface area contributed by atoms with E-state index in [4.69, 9.17) is 21.4 Å². The van der Waals surface area contributed by atoms with E-state index < -0.39 is 0 Å². The Balaban J connectivity index is 3.11. The normalized spacial score (nSPS) is 10.7. The van der Waals surface area contributed by atoms with E-state index in [1.165, 1.54) is 0 Å². The highest BCUT2D eigenvalue weighted by molar-refractivity contribution is 9.10. The molecule has 0 saturated heterocycles. The third-order valence-electron chi connectivity index (χ3n) is 1.61. The fraction of sp³-hybridized carbons (Fsp3) is 0.400. The molecule has 1 aromatic carbocycles. The maximum absolute atomic E-state index is 9.12. The van der Waals surface area contributed by atoms with Crippen molar-refractivity contribution in [1.29, 1.82) is 0 Å². The molecular weight excluding hydrogens is 267 g/mol. The molecule has 0 radical (unpaired) electrons. The average molecular weight is 280 g/mol. The highest BCUT2D eigenvalue weighted by Crippen LogP contribution is 2.33. The number of hydrogen-bond acceptors (Lipinski definition) is 2. The van der Waals surface area contributed by atoms with Crippen molar-refractivity contribution in [2.45, 2.75) is 26.6 Å². The van der Waals surface area contributed by atoms with E-state index in [0.29, 0.717) is 16.3 Å². The van der Waals surface area contributed by atoms with Gasteiger partial charge in [0.1, 0.15) is 5.75 Å².